The molecule has 0 atom stereocenters. The van der Waals surface area contributed by atoms with Crippen molar-refractivity contribution in [1.29, 1.82) is 10.5 Å². The SMILES string of the molecule is Cc1ccc(C#N)cc1[N+](=O)[O-].N#Cc1ccc(CBr)c([N+](=O)[O-])c1. The number of rotatable bonds is 3. The van der Waals surface area contributed by atoms with E-state index < -0.39 is 9.85 Å². The van der Waals surface area contributed by atoms with E-state index in [1.54, 1.807) is 31.2 Å². The Balaban J connectivity index is 0.000000251. The van der Waals surface area contributed by atoms with Gasteiger partial charge in [-0.2, -0.15) is 10.5 Å². The van der Waals surface area contributed by atoms with Crippen LogP contribution in [0.3, 0.4) is 0 Å². The van der Waals surface area contributed by atoms with Gasteiger partial charge in [0.05, 0.1) is 33.1 Å². The minimum Gasteiger partial charge on any atom is -0.258 e. The molecule has 0 bridgehead atoms. The van der Waals surface area contributed by atoms with Crippen molar-refractivity contribution in [2.45, 2.75) is 12.3 Å². The van der Waals surface area contributed by atoms with Crippen molar-refractivity contribution in [1.82, 2.24) is 0 Å². The van der Waals surface area contributed by atoms with Crippen LogP contribution in [0.25, 0.3) is 0 Å². The van der Waals surface area contributed by atoms with Crippen molar-refractivity contribution in [3.63, 3.8) is 0 Å². The molecule has 0 aliphatic heterocycles. The molecule has 25 heavy (non-hydrogen) atoms. The van der Waals surface area contributed by atoms with Gasteiger partial charge in [0.1, 0.15) is 0 Å². The molecule has 2 aromatic rings. The second kappa shape index (κ2) is 9.11. The quantitative estimate of drug-likeness (QED) is 0.430. The summed E-state index contributed by atoms with van der Waals surface area (Å²) in [5.41, 5.74) is 1.73. The highest BCUT2D eigenvalue weighted by atomic mass is 79.9. The van der Waals surface area contributed by atoms with Crippen LogP contribution in [0, 0.1) is 49.8 Å². The van der Waals surface area contributed by atoms with Gasteiger partial charge in [0, 0.05) is 28.6 Å². The maximum atomic E-state index is 10.5. The van der Waals surface area contributed by atoms with Crippen LogP contribution < -0.4 is 0 Å². The van der Waals surface area contributed by atoms with Crippen LogP contribution in [0.5, 0.6) is 0 Å². The molecule has 0 aliphatic rings. The highest BCUT2D eigenvalue weighted by Crippen LogP contribution is 2.22. The van der Waals surface area contributed by atoms with Gasteiger partial charge in [-0.1, -0.05) is 28.1 Å². The Labute approximate surface area is 151 Å². The molecule has 0 spiro atoms. The standard InChI is InChI=1S/C8H5BrN2O2.C8H6N2O2/c9-4-7-2-1-6(5-10)3-8(7)11(12)13;1-6-2-3-7(5-9)4-8(6)10(11)12/h1-3H,4H2;2-4H,1H3. The van der Waals surface area contributed by atoms with E-state index in [4.69, 9.17) is 10.5 Å². The van der Waals surface area contributed by atoms with E-state index in [9.17, 15) is 20.2 Å². The molecule has 2 aromatic carbocycles. The average molecular weight is 403 g/mol. The number of alkyl halides is 1. The van der Waals surface area contributed by atoms with E-state index >= 15 is 0 Å². The maximum absolute atomic E-state index is 10.5. The summed E-state index contributed by atoms with van der Waals surface area (Å²) in [5, 5.41) is 38.3. The normalized spacial score (nSPS) is 9.12. The maximum Gasteiger partial charge on any atom is 0.274 e. The van der Waals surface area contributed by atoms with Crippen LogP contribution in [0.1, 0.15) is 22.3 Å². The average Bonchev–Trinajstić information content (AvgIpc) is 2.61. The second-order valence-corrected chi connectivity index (χ2v) is 5.28. The van der Waals surface area contributed by atoms with E-state index in [0.29, 0.717) is 27.6 Å². The van der Waals surface area contributed by atoms with Crippen molar-refractivity contribution in [3.05, 3.63) is 78.9 Å². The van der Waals surface area contributed by atoms with Crippen molar-refractivity contribution in [3.8, 4) is 12.1 Å². The molecule has 0 radical (unpaired) electrons. The van der Waals surface area contributed by atoms with Gasteiger partial charge < -0.3 is 0 Å². The third kappa shape index (κ3) is 5.37. The first-order chi connectivity index (χ1) is 11.8. The Morgan fingerprint density at radius 1 is 0.960 bits per heavy atom. The summed E-state index contributed by atoms with van der Waals surface area (Å²) in [6.45, 7) is 1.64. The van der Waals surface area contributed by atoms with Crippen LogP contribution >= 0.6 is 15.9 Å². The van der Waals surface area contributed by atoms with Crippen LogP contribution in [-0.2, 0) is 5.33 Å². The van der Waals surface area contributed by atoms with E-state index in [1.807, 2.05) is 12.1 Å². The van der Waals surface area contributed by atoms with Gasteiger partial charge in [-0.15, -0.1) is 0 Å². The molecule has 2 rings (SSSR count). The number of benzene rings is 2. The van der Waals surface area contributed by atoms with Crippen molar-refractivity contribution in [2.24, 2.45) is 0 Å². The lowest BCUT2D eigenvalue weighted by Crippen LogP contribution is -1.93. The molecule has 8 nitrogen and oxygen atoms in total. The predicted molar refractivity (Wildman–Crippen MR) is 93.0 cm³/mol. The number of aryl methyl sites for hydroxylation is 1. The Morgan fingerprint density at radius 2 is 1.44 bits per heavy atom. The zero-order chi connectivity index (χ0) is 19.0. The summed E-state index contributed by atoms with van der Waals surface area (Å²) in [5.74, 6) is 0. The highest BCUT2D eigenvalue weighted by molar-refractivity contribution is 9.08. The Hall–Kier alpha value is -3.30. The van der Waals surface area contributed by atoms with Crippen LogP contribution in [0.2, 0.25) is 0 Å². The highest BCUT2D eigenvalue weighted by Gasteiger charge is 2.13. The van der Waals surface area contributed by atoms with Gasteiger partial charge in [0.15, 0.2) is 0 Å². The molecule has 0 unspecified atom stereocenters. The smallest absolute Gasteiger partial charge is 0.258 e. The molecule has 0 amide bonds. The largest absolute Gasteiger partial charge is 0.274 e. The molecule has 0 N–H and O–H groups in total. The number of halogens is 1. The first-order valence-corrected chi connectivity index (χ1v) is 7.84. The van der Waals surface area contributed by atoms with E-state index in [1.165, 1.54) is 12.1 Å². The third-order valence-corrected chi connectivity index (χ3v) is 3.69. The van der Waals surface area contributed by atoms with Gasteiger partial charge in [-0.25, -0.2) is 0 Å². The summed E-state index contributed by atoms with van der Waals surface area (Å²) in [6, 6.07) is 12.5. The number of hydrogen-bond acceptors (Lipinski definition) is 6. The van der Waals surface area contributed by atoms with Crippen molar-refractivity contribution in [2.75, 3.05) is 0 Å². The lowest BCUT2D eigenvalue weighted by atomic mass is 10.1. The van der Waals surface area contributed by atoms with Gasteiger partial charge in [-0.05, 0) is 19.1 Å². The van der Waals surface area contributed by atoms with Crippen LogP contribution in [0.4, 0.5) is 11.4 Å². The Morgan fingerprint density at radius 3 is 1.88 bits per heavy atom. The molecule has 0 fully saturated rings. The molecular formula is C16H11BrN4O4. The minimum absolute atomic E-state index is 0.00551. The van der Waals surface area contributed by atoms with Crippen LogP contribution in [-0.4, -0.2) is 9.85 Å². The Bertz CT molecular complexity index is 900. The monoisotopic (exact) mass is 402 g/mol. The van der Waals surface area contributed by atoms with Gasteiger partial charge in [0.2, 0.25) is 0 Å². The molecular weight excluding hydrogens is 392 g/mol. The first kappa shape index (κ1) is 19.7. The fraction of sp³-hybridized carbons (Fsp3) is 0.125. The summed E-state index contributed by atoms with van der Waals surface area (Å²) < 4.78 is 0. The molecule has 0 saturated carbocycles. The third-order valence-electron chi connectivity index (χ3n) is 3.09. The molecule has 0 aromatic heterocycles. The summed E-state index contributed by atoms with van der Waals surface area (Å²) >= 11 is 3.14. The van der Waals surface area contributed by atoms with Gasteiger partial charge in [0.25, 0.3) is 11.4 Å². The fourth-order valence-electron chi connectivity index (χ4n) is 1.79. The lowest BCUT2D eigenvalue weighted by molar-refractivity contribution is -0.385. The van der Waals surface area contributed by atoms with Crippen molar-refractivity contribution < 1.29 is 9.85 Å². The van der Waals surface area contributed by atoms with Gasteiger partial charge >= 0.3 is 0 Å². The fourth-order valence-corrected chi connectivity index (χ4v) is 2.27. The summed E-state index contributed by atoms with van der Waals surface area (Å²) in [6.07, 6.45) is 0. The topological polar surface area (TPSA) is 134 Å². The van der Waals surface area contributed by atoms with E-state index in [0.717, 1.165) is 0 Å². The number of nitrogens with zero attached hydrogens (tertiary/aromatic N) is 4. The van der Waals surface area contributed by atoms with Crippen molar-refractivity contribution >= 4 is 27.3 Å². The summed E-state index contributed by atoms with van der Waals surface area (Å²) in [7, 11) is 0. The second-order valence-electron chi connectivity index (χ2n) is 4.72. The zero-order valence-electron chi connectivity index (χ0n) is 13.0. The first-order valence-electron chi connectivity index (χ1n) is 6.72. The minimum atomic E-state index is -0.490. The number of nitro groups is 2. The lowest BCUT2D eigenvalue weighted by Gasteiger charge is -1.97. The number of nitro benzene ring substituents is 2. The zero-order valence-corrected chi connectivity index (χ0v) is 14.6. The summed E-state index contributed by atoms with van der Waals surface area (Å²) in [4.78, 5) is 19.9. The number of nitriles is 2. The van der Waals surface area contributed by atoms with Gasteiger partial charge in [-0.3, -0.25) is 20.2 Å². The predicted octanol–water partition coefficient (Wildman–Crippen LogP) is 4.14. The molecule has 9 heteroatoms. The number of hydrogen-bond donors (Lipinski definition) is 0. The van der Waals surface area contributed by atoms with E-state index in [-0.39, 0.29) is 11.4 Å². The molecule has 126 valence electrons. The van der Waals surface area contributed by atoms with Crippen LogP contribution in [0.15, 0.2) is 36.4 Å². The molecule has 0 aliphatic carbocycles. The molecule has 0 saturated heterocycles. The Kier molecular flexibility index (Phi) is 7.19. The van der Waals surface area contributed by atoms with E-state index in [2.05, 4.69) is 15.9 Å². The molecule has 0 heterocycles.